The molecule has 19 heavy (non-hydrogen) atoms. The summed E-state index contributed by atoms with van der Waals surface area (Å²) < 4.78 is 6.77. The first-order valence-corrected chi connectivity index (χ1v) is 7.46. The summed E-state index contributed by atoms with van der Waals surface area (Å²) in [7, 11) is 0. The molecule has 1 unspecified atom stereocenters. The quantitative estimate of drug-likeness (QED) is 0.859. The molecule has 3 heteroatoms. The molecule has 0 aliphatic rings. The van der Waals surface area contributed by atoms with Crippen LogP contribution in [0, 0.1) is 13.8 Å². The molecule has 102 valence electrons. The van der Waals surface area contributed by atoms with Crippen molar-refractivity contribution in [1.82, 2.24) is 5.32 Å². The van der Waals surface area contributed by atoms with Crippen molar-refractivity contribution in [1.29, 1.82) is 0 Å². The van der Waals surface area contributed by atoms with E-state index in [-0.39, 0.29) is 6.04 Å². The van der Waals surface area contributed by atoms with Crippen LogP contribution in [-0.2, 0) is 0 Å². The average molecular weight is 322 g/mol. The minimum absolute atomic E-state index is 0.125. The number of aryl methyl sites for hydroxylation is 2. The molecule has 2 nitrogen and oxygen atoms in total. The normalized spacial score (nSPS) is 12.6. The third-order valence-corrected chi connectivity index (χ3v) is 4.47. The third-order valence-electron chi connectivity index (χ3n) is 3.22. The van der Waals surface area contributed by atoms with Gasteiger partial charge in [0.2, 0.25) is 0 Å². The van der Waals surface area contributed by atoms with E-state index in [2.05, 4.69) is 54.2 Å². The third kappa shape index (κ3) is 3.28. The van der Waals surface area contributed by atoms with E-state index >= 15 is 0 Å². The fourth-order valence-electron chi connectivity index (χ4n) is 2.27. The van der Waals surface area contributed by atoms with Gasteiger partial charge in [0.25, 0.3) is 0 Å². The fraction of sp³-hybridized carbons (Fsp3) is 0.375. The second-order valence-electron chi connectivity index (χ2n) is 4.87. The van der Waals surface area contributed by atoms with E-state index in [0.717, 1.165) is 18.7 Å². The second kappa shape index (κ2) is 6.40. The molecule has 1 atom stereocenters. The molecule has 1 heterocycles. The first-order valence-electron chi connectivity index (χ1n) is 6.67. The molecule has 1 aromatic carbocycles. The molecule has 0 amide bonds. The van der Waals surface area contributed by atoms with Crippen LogP contribution in [0.1, 0.15) is 41.8 Å². The first kappa shape index (κ1) is 14.4. The van der Waals surface area contributed by atoms with Crippen LogP contribution in [0.25, 0.3) is 0 Å². The first-order chi connectivity index (χ1) is 9.13. The molecule has 1 N–H and O–H groups in total. The number of hydrogen-bond acceptors (Lipinski definition) is 2. The second-order valence-corrected chi connectivity index (χ2v) is 5.66. The fourth-order valence-corrected chi connectivity index (χ4v) is 2.50. The minimum atomic E-state index is 0.125. The van der Waals surface area contributed by atoms with Gasteiger partial charge in [-0.15, -0.1) is 0 Å². The maximum absolute atomic E-state index is 5.58. The number of furan rings is 1. The summed E-state index contributed by atoms with van der Waals surface area (Å²) in [5.74, 6) is 0.967. The lowest BCUT2D eigenvalue weighted by atomic mass is 9.99. The summed E-state index contributed by atoms with van der Waals surface area (Å²) in [6.07, 6.45) is 2.83. The maximum Gasteiger partial charge on any atom is 0.125 e. The van der Waals surface area contributed by atoms with E-state index in [1.165, 1.54) is 21.2 Å². The Hall–Kier alpha value is -1.06. The monoisotopic (exact) mass is 321 g/mol. The van der Waals surface area contributed by atoms with E-state index < -0.39 is 0 Å². The average Bonchev–Trinajstić information content (AvgIpc) is 2.90. The lowest BCUT2D eigenvalue weighted by molar-refractivity contribution is 0.446. The van der Waals surface area contributed by atoms with Gasteiger partial charge in [-0.05, 0) is 55.6 Å². The number of halogens is 1. The van der Waals surface area contributed by atoms with E-state index in [1.807, 2.05) is 12.1 Å². The maximum atomic E-state index is 5.58. The van der Waals surface area contributed by atoms with Gasteiger partial charge in [0.15, 0.2) is 0 Å². The lowest BCUT2D eigenvalue weighted by Crippen LogP contribution is -2.23. The molecule has 1 aromatic heterocycles. The predicted molar refractivity (Wildman–Crippen MR) is 82.5 cm³/mol. The summed E-state index contributed by atoms with van der Waals surface area (Å²) in [6, 6.07) is 8.52. The molecular formula is C16H20BrNO. The zero-order valence-electron chi connectivity index (χ0n) is 11.7. The highest BCUT2D eigenvalue weighted by Gasteiger charge is 2.17. The topological polar surface area (TPSA) is 25.2 Å². The zero-order valence-corrected chi connectivity index (χ0v) is 13.3. The van der Waals surface area contributed by atoms with Crippen molar-refractivity contribution >= 4 is 15.9 Å². The molecule has 0 saturated carbocycles. The standard InChI is InChI=1S/C16H20BrNO/c1-4-7-18-16(14-6-5-8-19-14)13-9-11(2)15(17)12(3)10-13/h5-6,8-10,16,18H,4,7H2,1-3H3. The zero-order chi connectivity index (χ0) is 13.8. The van der Waals surface area contributed by atoms with Crippen molar-refractivity contribution in [3.63, 3.8) is 0 Å². The summed E-state index contributed by atoms with van der Waals surface area (Å²) >= 11 is 3.62. The van der Waals surface area contributed by atoms with Crippen LogP contribution >= 0.6 is 15.9 Å². The Morgan fingerprint density at radius 1 is 1.26 bits per heavy atom. The Morgan fingerprint density at radius 3 is 2.47 bits per heavy atom. The van der Waals surface area contributed by atoms with Gasteiger partial charge in [0.05, 0.1) is 12.3 Å². The highest BCUT2D eigenvalue weighted by Crippen LogP contribution is 2.29. The van der Waals surface area contributed by atoms with E-state index in [4.69, 9.17) is 4.42 Å². The van der Waals surface area contributed by atoms with Crippen LogP contribution in [0.5, 0.6) is 0 Å². The summed E-state index contributed by atoms with van der Waals surface area (Å²) in [6.45, 7) is 7.39. The summed E-state index contributed by atoms with van der Waals surface area (Å²) in [4.78, 5) is 0. The minimum Gasteiger partial charge on any atom is -0.467 e. The van der Waals surface area contributed by atoms with Crippen molar-refractivity contribution in [3.8, 4) is 0 Å². The molecule has 0 saturated heterocycles. The molecule has 0 aliphatic carbocycles. The Balaban J connectivity index is 2.38. The lowest BCUT2D eigenvalue weighted by Gasteiger charge is -2.19. The van der Waals surface area contributed by atoms with Crippen molar-refractivity contribution in [2.45, 2.75) is 33.2 Å². The van der Waals surface area contributed by atoms with Crippen LogP contribution < -0.4 is 5.32 Å². The Kier molecular flexibility index (Phi) is 4.83. The van der Waals surface area contributed by atoms with Crippen LogP contribution in [-0.4, -0.2) is 6.54 Å². The van der Waals surface area contributed by atoms with Gasteiger partial charge in [-0.3, -0.25) is 0 Å². The molecule has 0 radical (unpaired) electrons. The smallest absolute Gasteiger partial charge is 0.125 e. The number of hydrogen-bond donors (Lipinski definition) is 1. The van der Waals surface area contributed by atoms with Crippen LogP contribution in [0.15, 0.2) is 39.4 Å². The molecule has 0 fully saturated rings. The van der Waals surface area contributed by atoms with Crippen molar-refractivity contribution < 1.29 is 4.42 Å². The van der Waals surface area contributed by atoms with Crippen LogP contribution in [0.4, 0.5) is 0 Å². The Labute approximate surface area is 123 Å². The van der Waals surface area contributed by atoms with Gasteiger partial charge >= 0.3 is 0 Å². The van der Waals surface area contributed by atoms with Gasteiger partial charge in [0, 0.05) is 4.47 Å². The highest BCUT2D eigenvalue weighted by molar-refractivity contribution is 9.10. The SMILES string of the molecule is CCCNC(c1cc(C)c(Br)c(C)c1)c1ccco1. The molecule has 2 rings (SSSR count). The summed E-state index contributed by atoms with van der Waals surface area (Å²) in [5, 5.41) is 3.55. The van der Waals surface area contributed by atoms with Crippen molar-refractivity contribution in [3.05, 3.63) is 57.5 Å². The molecule has 0 spiro atoms. The van der Waals surface area contributed by atoms with Gasteiger partial charge in [-0.2, -0.15) is 0 Å². The molecule has 2 aromatic rings. The number of rotatable bonds is 5. The van der Waals surface area contributed by atoms with E-state index in [1.54, 1.807) is 6.26 Å². The van der Waals surface area contributed by atoms with E-state index in [9.17, 15) is 0 Å². The Morgan fingerprint density at radius 2 is 1.95 bits per heavy atom. The number of nitrogens with one attached hydrogen (secondary N) is 1. The summed E-state index contributed by atoms with van der Waals surface area (Å²) in [5.41, 5.74) is 3.76. The van der Waals surface area contributed by atoms with Crippen LogP contribution in [0.3, 0.4) is 0 Å². The van der Waals surface area contributed by atoms with Gasteiger partial charge in [-0.1, -0.05) is 35.0 Å². The van der Waals surface area contributed by atoms with E-state index in [0.29, 0.717) is 0 Å². The molecule has 0 aliphatic heterocycles. The molecular weight excluding hydrogens is 302 g/mol. The van der Waals surface area contributed by atoms with Crippen molar-refractivity contribution in [2.24, 2.45) is 0 Å². The van der Waals surface area contributed by atoms with Gasteiger partial charge in [-0.25, -0.2) is 0 Å². The highest BCUT2D eigenvalue weighted by atomic mass is 79.9. The molecule has 0 bridgehead atoms. The predicted octanol–water partition coefficient (Wildman–Crippen LogP) is 4.75. The van der Waals surface area contributed by atoms with Crippen molar-refractivity contribution in [2.75, 3.05) is 6.54 Å². The van der Waals surface area contributed by atoms with Crippen LogP contribution in [0.2, 0.25) is 0 Å². The Bertz CT molecular complexity index is 511. The van der Waals surface area contributed by atoms with Gasteiger partial charge in [0.1, 0.15) is 5.76 Å². The number of benzene rings is 1. The van der Waals surface area contributed by atoms with Gasteiger partial charge < -0.3 is 9.73 Å². The largest absolute Gasteiger partial charge is 0.467 e.